The summed E-state index contributed by atoms with van der Waals surface area (Å²) in [7, 11) is -5.05. The van der Waals surface area contributed by atoms with Gasteiger partial charge >= 0.3 is 5.76 Å². The number of hydrogen-bond acceptors (Lipinski definition) is 8. The highest BCUT2D eigenvalue weighted by Gasteiger charge is 2.27. The number of nitrogens with one attached hydrogen (secondary N) is 3. The van der Waals surface area contributed by atoms with Gasteiger partial charge in [-0.2, -0.15) is 13.9 Å². The number of ether oxygens (including phenoxy) is 1. The van der Waals surface area contributed by atoms with Gasteiger partial charge in [0.05, 0.1) is 11.4 Å². The SMILES string of the molecule is CC(Oc1cc(-c2[nH]nc(Nc3cc(C(C)(C)C)on3)c2C(N)=O)ccc1NS(=O)(=O)C(F)F)c1ccc(F)cc1. The first kappa shape index (κ1) is 29.5. The number of alkyl halides is 2. The molecule has 0 bridgehead atoms. The van der Waals surface area contributed by atoms with Crippen molar-refractivity contribution in [1.82, 2.24) is 15.4 Å². The van der Waals surface area contributed by atoms with E-state index in [1.54, 1.807) is 13.0 Å². The second-order valence-corrected chi connectivity index (χ2v) is 11.7. The van der Waals surface area contributed by atoms with E-state index in [9.17, 15) is 26.4 Å². The van der Waals surface area contributed by atoms with Gasteiger partial charge in [0.2, 0.25) is 0 Å². The second-order valence-electron chi connectivity index (χ2n) is 10.1. The zero-order valence-electron chi connectivity index (χ0n) is 22.3. The number of benzene rings is 2. The van der Waals surface area contributed by atoms with Gasteiger partial charge in [-0.1, -0.05) is 44.1 Å². The van der Waals surface area contributed by atoms with Gasteiger partial charge in [0, 0.05) is 17.0 Å². The van der Waals surface area contributed by atoms with Crippen LogP contribution in [0.2, 0.25) is 0 Å². The fourth-order valence-corrected chi connectivity index (χ4v) is 4.30. The predicted octanol–water partition coefficient (Wildman–Crippen LogP) is 5.45. The lowest BCUT2D eigenvalue weighted by Crippen LogP contribution is -2.21. The van der Waals surface area contributed by atoms with Crippen LogP contribution in [0.15, 0.2) is 53.1 Å². The minimum atomic E-state index is -5.05. The molecule has 0 fully saturated rings. The van der Waals surface area contributed by atoms with Crippen LogP contribution in [0.25, 0.3) is 11.3 Å². The molecule has 2 aromatic heterocycles. The van der Waals surface area contributed by atoms with Gasteiger partial charge in [0.25, 0.3) is 15.9 Å². The van der Waals surface area contributed by atoms with Crippen molar-refractivity contribution in [3.63, 3.8) is 0 Å². The number of aromatic nitrogens is 3. The molecule has 0 saturated carbocycles. The van der Waals surface area contributed by atoms with Crippen LogP contribution in [-0.4, -0.2) is 35.4 Å². The molecule has 0 aliphatic carbocycles. The molecule has 0 spiro atoms. The van der Waals surface area contributed by atoms with Gasteiger partial charge in [-0.05, 0) is 36.8 Å². The number of halogens is 3. The van der Waals surface area contributed by atoms with Crippen LogP contribution in [0.3, 0.4) is 0 Å². The van der Waals surface area contributed by atoms with Crippen molar-refractivity contribution < 1.29 is 35.6 Å². The van der Waals surface area contributed by atoms with Crippen molar-refractivity contribution in [3.05, 3.63) is 71.2 Å². The average molecular weight is 593 g/mol. The highest BCUT2D eigenvalue weighted by molar-refractivity contribution is 7.93. The molecule has 11 nitrogen and oxygen atoms in total. The first-order valence-electron chi connectivity index (χ1n) is 12.1. The lowest BCUT2D eigenvalue weighted by molar-refractivity contribution is 0.100. The number of hydrogen-bond donors (Lipinski definition) is 4. The first-order valence-corrected chi connectivity index (χ1v) is 13.7. The number of nitrogens with zero attached hydrogens (tertiary/aromatic N) is 2. The van der Waals surface area contributed by atoms with Crippen LogP contribution in [0.4, 0.5) is 30.5 Å². The van der Waals surface area contributed by atoms with Crippen LogP contribution in [0.5, 0.6) is 5.75 Å². The monoisotopic (exact) mass is 592 g/mol. The fourth-order valence-electron chi connectivity index (χ4n) is 3.74. The Morgan fingerprint density at radius 3 is 2.39 bits per heavy atom. The summed E-state index contributed by atoms with van der Waals surface area (Å²) in [6.45, 7) is 7.39. The van der Waals surface area contributed by atoms with E-state index < -0.39 is 33.6 Å². The summed E-state index contributed by atoms with van der Waals surface area (Å²) < 4.78 is 76.5. The quantitative estimate of drug-likeness (QED) is 0.189. The van der Waals surface area contributed by atoms with Crippen molar-refractivity contribution in [2.24, 2.45) is 5.73 Å². The van der Waals surface area contributed by atoms with E-state index >= 15 is 0 Å². The molecular weight excluding hydrogens is 565 g/mol. The fraction of sp³-hybridized carbons (Fsp3) is 0.269. The molecule has 218 valence electrons. The maximum atomic E-state index is 13.4. The Labute approximate surface area is 233 Å². The van der Waals surface area contributed by atoms with E-state index in [2.05, 4.69) is 20.7 Å². The molecule has 15 heteroatoms. The van der Waals surface area contributed by atoms with Crippen molar-refractivity contribution >= 4 is 33.3 Å². The Morgan fingerprint density at radius 2 is 1.80 bits per heavy atom. The number of rotatable bonds is 10. The van der Waals surface area contributed by atoms with Crippen LogP contribution >= 0.6 is 0 Å². The van der Waals surface area contributed by atoms with Crippen molar-refractivity contribution in [3.8, 4) is 17.0 Å². The molecule has 0 radical (unpaired) electrons. The first-order chi connectivity index (χ1) is 19.2. The Kier molecular flexibility index (Phi) is 8.01. The molecular formula is C26H27F3N6O5S. The number of carbonyl (C=O) groups excluding carboxylic acids is 1. The molecule has 5 N–H and O–H groups in total. The number of amides is 1. The second kappa shape index (κ2) is 11.2. The van der Waals surface area contributed by atoms with Gasteiger partial charge in [0.15, 0.2) is 11.6 Å². The van der Waals surface area contributed by atoms with E-state index in [4.69, 9.17) is 15.0 Å². The molecule has 0 aliphatic heterocycles. The summed E-state index contributed by atoms with van der Waals surface area (Å²) in [6, 6.07) is 10.9. The number of aromatic amines is 1. The molecule has 4 rings (SSSR count). The number of nitrogens with two attached hydrogens (primary N) is 1. The number of anilines is 3. The van der Waals surface area contributed by atoms with Crippen LogP contribution < -0.4 is 20.5 Å². The molecule has 0 saturated heterocycles. The molecule has 2 heterocycles. The standard InChI is InChI=1S/C26H27F3N6O5S/c1-13(14-5-8-16(27)9-6-14)39-18-11-15(7-10-17(18)35-41(37,38)25(28)29)22-21(23(30)36)24(33-32-22)31-20-12-19(40-34-20)26(2,3)4/h5-13,25,35H,1-4H3,(H2,30,36)(H2,31,32,33,34). The molecule has 4 aromatic rings. The summed E-state index contributed by atoms with van der Waals surface area (Å²) >= 11 is 0. The molecule has 0 aliphatic rings. The summed E-state index contributed by atoms with van der Waals surface area (Å²) in [4.78, 5) is 12.5. The Hall–Kier alpha value is -4.53. The molecule has 41 heavy (non-hydrogen) atoms. The normalized spacial score (nSPS) is 12.8. The van der Waals surface area contributed by atoms with Crippen LogP contribution in [-0.2, 0) is 15.4 Å². The van der Waals surface area contributed by atoms with Crippen molar-refractivity contribution in [2.75, 3.05) is 10.0 Å². The van der Waals surface area contributed by atoms with Gasteiger partial charge in [0.1, 0.15) is 29.0 Å². The zero-order chi connectivity index (χ0) is 30.1. The summed E-state index contributed by atoms with van der Waals surface area (Å²) in [5.74, 6) is -4.32. The molecule has 2 aromatic carbocycles. The molecule has 1 amide bonds. The lowest BCUT2D eigenvalue weighted by atomic mass is 9.93. The van der Waals surface area contributed by atoms with E-state index in [-0.39, 0.29) is 45.3 Å². The highest BCUT2D eigenvalue weighted by Crippen LogP contribution is 2.37. The Balaban J connectivity index is 1.74. The van der Waals surface area contributed by atoms with Crippen molar-refractivity contribution in [1.29, 1.82) is 0 Å². The van der Waals surface area contributed by atoms with Gasteiger partial charge < -0.3 is 20.3 Å². The number of sulfonamides is 1. The third kappa shape index (κ3) is 6.62. The van der Waals surface area contributed by atoms with Gasteiger partial charge in [-0.25, -0.2) is 12.8 Å². The minimum Gasteiger partial charge on any atom is -0.484 e. The third-order valence-electron chi connectivity index (χ3n) is 5.91. The van der Waals surface area contributed by atoms with E-state index in [1.807, 2.05) is 25.5 Å². The average Bonchev–Trinajstić information content (AvgIpc) is 3.53. The van der Waals surface area contributed by atoms with E-state index in [0.29, 0.717) is 11.3 Å². The smallest absolute Gasteiger partial charge is 0.355 e. The summed E-state index contributed by atoms with van der Waals surface area (Å²) in [6.07, 6.45) is -0.764. The molecule has 1 atom stereocenters. The maximum absolute atomic E-state index is 13.4. The van der Waals surface area contributed by atoms with Crippen LogP contribution in [0, 0.1) is 5.82 Å². The highest BCUT2D eigenvalue weighted by atomic mass is 32.2. The van der Waals surface area contributed by atoms with Crippen LogP contribution in [0.1, 0.15) is 55.5 Å². The maximum Gasteiger partial charge on any atom is 0.355 e. The predicted molar refractivity (Wildman–Crippen MR) is 145 cm³/mol. The largest absolute Gasteiger partial charge is 0.484 e. The van der Waals surface area contributed by atoms with Crippen molar-refractivity contribution in [2.45, 2.75) is 45.0 Å². The number of primary amides is 1. The Morgan fingerprint density at radius 1 is 1.12 bits per heavy atom. The van der Waals surface area contributed by atoms with E-state index in [1.165, 1.54) is 42.5 Å². The summed E-state index contributed by atoms with van der Waals surface area (Å²) in [5, 5.41) is 13.7. The number of carbonyl (C=O) groups is 1. The Bertz CT molecular complexity index is 1660. The lowest BCUT2D eigenvalue weighted by Gasteiger charge is -2.19. The van der Waals surface area contributed by atoms with E-state index in [0.717, 1.165) is 0 Å². The summed E-state index contributed by atoms with van der Waals surface area (Å²) in [5.41, 5.74) is 5.88. The minimum absolute atomic E-state index is 0.0332. The topological polar surface area (TPSA) is 165 Å². The zero-order valence-corrected chi connectivity index (χ0v) is 23.1. The molecule has 1 unspecified atom stereocenters. The number of H-pyrrole nitrogens is 1. The van der Waals surface area contributed by atoms with Gasteiger partial charge in [-0.3, -0.25) is 14.6 Å². The third-order valence-corrected chi connectivity index (χ3v) is 6.88. The van der Waals surface area contributed by atoms with Gasteiger partial charge in [-0.15, -0.1) is 0 Å².